The highest BCUT2D eigenvalue weighted by Gasteiger charge is 2.31. The fourth-order valence-electron chi connectivity index (χ4n) is 3.02. The number of hydrogen-bond donors (Lipinski definition) is 2. The van der Waals surface area contributed by atoms with Gasteiger partial charge in [0.2, 0.25) is 0 Å². The van der Waals surface area contributed by atoms with Crippen molar-refractivity contribution in [2.45, 2.75) is 4.21 Å². The Morgan fingerprint density at radius 2 is 1.77 bits per heavy atom. The minimum Gasteiger partial charge on any atom is -0.336 e. The highest BCUT2D eigenvalue weighted by atomic mass is 32.2. The van der Waals surface area contributed by atoms with Gasteiger partial charge < -0.3 is 14.9 Å². The molecule has 1 amide bonds. The second-order valence-electron chi connectivity index (χ2n) is 5.97. The summed E-state index contributed by atoms with van der Waals surface area (Å²) in [6, 6.07) is 8.26. The highest BCUT2D eigenvalue weighted by Crippen LogP contribution is 2.22. The van der Waals surface area contributed by atoms with Crippen molar-refractivity contribution in [3.63, 3.8) is 0 Å². The summed E-state index contributed by atoms with van der Waals surface area (Å²) in [4.78, 5) is 30.9. The molecule has 0 atom stereocenters. The van der Waals surface area contributed by atoms with Gasteiger partial charge >= 0.3 is 5.69 Å². The molecule has 10 heteroatoms. The van der Waals surface area contributed by atoms with Crippen molar-refractivity contribution in [1.82, 2.24) is 19.2 Å². The van der Waals surface area contributed by atoms with Gasteiger partial charge in [-0.2, -0.15) is 4.31 Å². The summed E-state index contributed by atoms with van der Waals surface area (Å²) in [6.07, 6.45) is 0. The Morgan fingerprint density at radius 1 is 1.04 bits per heavy atom. The normalized spacial score (nSPS) is 16.2. The van der Waals surface area contributed by atoms with Gasteiger partial charge in [-0.3, -0.25) is 4.79 Å². The van der Waals surface area contributed by atoms with Crippen LogP contribution in [0.5, 0.6) is 0 Å². The minimum atomic E-state index is -3.49. The van der Waals surface area contributed by atoms with Gasteiger partial charge in [-0.1, -0.05) is 6.07 Å². The molecule has 1 aliphatic rings. The fraction of sp³-hybridized carbons (Fsp3) is 0.250. The first-order valence-electron chi connectivity index (χ1n) is 8.00. The molecule has 3 aromatic rings. The summed E-state index contributed by atoms with van der Waals surface area (Å²) in [5, 5.41) is 1.73. The van der Waals surface area contributed by atoms with E-state index in [2.05, 4.69) is 9.97 Å². The Labute approximate surface area is 153 Å². The molecule has 3 heterocycles. The number of benzene rings is 1. The standard InChI is InChI=1S/C16H16N4O4S2/c21-15(11-3-4-12-13(10-11)18-16(22)17-12)19-5-7-20(8-6-19)26(23,24)14-2-1-9-25-14/h1-4,9-10H,5-8H2,(H2,17,18,22). The van der Waals surface area contributed by atoms with Crippen LogP contribution >= 0.6 is 11.3 Å². The van der Waals surface area contributed by atoms with Crippen LogP contribution in [0.3, 0.4) is 0 Å². The molecule has 136 valence electrons. The van der Waals surface area contributed by atoms with Crippen LogP contribution in [0.2, 0.25) is 0 Å². The maximum atomic E-state index is 12.7. The molecule has 2 N–H and O–H groups in total. The number of piperazine rings is 1. The molecule has 0 bridgehead atoms. The summed E-state index contributed by atoms with van der Waals surface area (Å²) < 4.78 is 26.8. The molecule has 1 saturated heterocycles. The van der Waals surface area contributed by atoms with Crippen LogP contribution in [0.15, 0.2) is 44.7 Å². The lowest BCUT2D eigenvalue weighted by molar-refractivity contribution is 0.0698. The van der Waals surface area contributed by atoms with Gasteiger partial charge in [-0.15, -0.1) is 11.3 Å². The molecule has 8 nitrogen and oxygen atoms in total. The van der Waals surface area contributed by atoms with E-state index in [0.717, 1.165) is 0 Å². The van der Waals surface area contributed by atoms with Crippen LogP contribution in [0.4, 0.5) is 0 Å². The maximum absolute atomic E-state index is 12.7. The monoisotopic (exact) mass is 392 g/mol. The van der Waals surface area contributed by atoms with E-state index in [1.54, 1.807) is 40.6 Å². The number of carbonyl (C=O) groups excluding carboxylic acids is 1. The van der Waals surface area contributed by atoms with Crippen molar-refractivity contribution in [3.05, 3.63) is 51.8 Å². The topological polar surface area (TPSA) is 106 Å². The number of nitrogens with zero attached hydrogens (tertiary/aromatic N) is 2. The van der Waals surface area contributed by atoms with E-state index >= 15 is 0 Å². The predicted octanol–water partition coefficient (Wildman–Crippen LogP) is 1.06. The number of rotatable bonds is 3. The lowest BCUT2D eigenvalue weighted by atomic mass is 10.1. The van der Waals surface area contributed by atoms with Crippen LogP contribution in [-0.4, -0.2) is 59.7 Å². The fourth-order valence-corrected chi connectivity index (χ4v) is 5.58. The number of amides is 1. The number of imidazole rings is 1. The zero-order valence-corrected chi connectivity index (χ0v) is 15.3. The Kier molecular flexibility index (Phi) is 4.17. The number of hydrogen-bond acceptors (Lipinski definition) is 5. The summed E-state index contributed by atoms with van der Waals surface area (Å²) in [7, 11) is -3.49. The van der Waals surface area contributed by atoms with E-state index < -0.39 is 10.0 Å². The van der Waals surface area contributed by atoms with E-state index in [1.165, 1.54) is 15.6 Å². The molecule has 0 aliphatic carbocycles. The van der Waals surface area contributed by atoms with Gasteiger partial charge in [-0.25, -0.2) is 13.2 Å². The second-order valence-corrected chi connectivity index (χ2v) is 9.08. The van der Waals surface area contributed by atoms with Crippen LogP contribution in [0.1, 0.15) is 10.4 Å². The Balaban J connectivity index is 1.48. The molecule has 4 rings (SSSR count). The molecule has 1 aliphatic heterocycles. The van der Waals surface area contributed by atoms with Crippen LogP contribution in [-0.2, 0) is 10.0 Å². The summed E-state index contributed by atoms with van der Waals surface area (Å²) in [5.74, 6) is -0.179. The van der Waals surface area contributed by atoms with Crippen LogP contribution in [0.25, 0.3) is 11.0 Å². The molecule has 1 aromatic carbocycles. The number of aromatic nitrogens is 2. The number of fused-ring (bicyclic) bond motifs is 1. The average molecular weight is 392 g/mol. The van der Waals surface area contributed by atoms with Crippen LogP contribution in [0, 0.1) is 0 Å². The number of H-pyrrole nitrogens is 2. The molecule has 0 radical (unpaired) electrons. The molecular formula is C16H16N4O4S2. The highest BCUT2D eigenvalue weighted by molar-refractivity contribution is 7.91. The smallest absolute Gasteiger partial charge is 0.323 e. The van der Waals surface area contributed by atoms with E-state index in [1.807, 2.05) is 0 Å². The van der Waals surface area contributed by atoms with Crippen molar-refractivity contribution >= 4 is 38.3 Å². The first kappa shape index (κ1) is 17.0. The van der Waals surface area contributed by atoms with E-state index in [9.17, 15) is 18.0 Å². The maximum Gasteiger partial charge on any atom is 0.323 e. The minimum absolute atomic E-state index is 0.179. The number of aromatic amines is 2. The average Bonchev–Trinajstić information content (AvgIpc) is 3.29. The van der Waals surface area contributed by atoms with Crippen molar-refractivity contribution in [2.75, 3.05) is 26.2 Å². The molecule has 2 aromatic heterocycles. The van der Waals surface area contributed by atoms with Gasteiger partial charge in [-0.05, 0) is 29.6 Å². The van der Waals surface area contributed by atoms with Crippen molar-refractivity contribution in [3.8, 4) is 0 Å². The van der Waals surface area contributed by atoms with Gasteiger partial charge in [0.05, 0.1) is 11.0 Å². The van der Waals surface area contributed by atoms with Gasteiger partial charge in [0, 0.05) is 31.7 Å². The molecular weight excluding hydrogens is 376 g/mol. The quantitative estimate of drug-likeness (QED) is 0.695. The van der Waals surface area contributed by atoms with Crippen LogP contribution < -0.4 is 5.69 Å². The van der Waals surface area contributed by atoms with Crippen molar-refractivity contribution in [1.29, 1.82) is 0 Å². The zero-order valence-electron chi connectivity index (χ0n) is 13.6. The number of carbonyl (C=O) groups is 1. The Hall–Kier alpha value is -2.43. The molecule has 0 unspecified atom stereocenters. The predicted molar refractivity (Wildman–Crippen MR) is 97.9 cm³/mol. The third-order valence-electron chi connectivity index (χ3n) is 4.38. The third kappa shape index (κ3) is 2.96. The number of thiophene rings is 1. The second kappa shape index (κ2) is 6.38. The zero-order chi connectivity index (χ0) is 18.3. The van der Waals surface area contributed by atoms with Gasteiger partial charge in [0.1, 0.15) is 4.21 Å². The lowest BCUT2D eigenvalue weighted by Crippen LogP contribution is -2.50. The third-order valence-corrected chi connectivity index (χ3v) is 7.65. The largest absolute Gasteiger partial charge is 0.336 e. The molecule has 0 spiro atoms. The first-order chi connectivity index (χ1) is 12.4. The SMILES string of the molecule is O=C(c1ccc2[nH]c(=O)[nH]c2c1)N1CCN(S(=O)(=O)c2cccs2)CC1. The number of sulfonamides is 1. The summed E-state index contributed by atoms with van der Waals surface area (Å²) >= 11 is 1.19. The van der Waals surface area contributed by atoms with E-state index in [0.29, 0.717) is 33.9 Å². The summed E-state index contributed by atoms with van der Waals surface area (Å²) in [5.41, 5.74) is 1.34. The van der Waals surface area contributed by atoms with Crippen molar-refractivity contribution < 1.29 is 13.2 Å². The van der Waals surface area contributed by atoms with Gasteiger partial charge in [0.15, 0.2) is 0 Å². The summed E-state index contributed by atoms with van der Waals surface area (Å²) in [6.45, 7) is 1.17. The Bertz CT molecular complexity index is 1110. The van der Waals surface area contributed by atoms with Gasteiger partial charge in [0.25, 0.3) is 15.9 Å². The molecule has 26 heavy (non-hydrogen) atoms. The van der Waals surface area contributed by atoms with Crippen molar-refractivity contribution in [2.24, 2.45) is 0 Å². The van der Waals surface area contributed by atoms with E-state index in [-0.39, 0.29) is 24.7 Å². The Morgan fingerprint density at radius 3 is 2.46 bits per heavy atom. The molecule has 0 saturated carbocycles. The number of nitrogens with one attached hydrogen (secondary N) is 2. The van der Waals surface area contributed by atoms with E-state index in [4.69, 9.17) is 0 Å². The molecule has 1 fully saturated rings. The first-order valence-corrected chi connectivity index (χ1v) is 10.3. The lowest BCUT2D eigenvalue weighted by Gasteiger charge is -2.33.